The highest BCUT2D eigenvalue weighted by Gasteiger charge is 2.36. The molecule has 0 spiro atoms. The van der Waals surface area contributed by atoms with Gasteiger partial charge in [0.05, 0.1) is 6.10 Å². The molecule has 1 aliphatic rings. The Morgan fingerprint density at radius 3 is 2.31 bits per heavy atom. The van der Waals surface area contributed by atoms with Gasteiger partial charge < -0.3 is 5.11 Å². The number of aliphatic hydroxyl groups is 1. The molecule has 0 aliphatic heterocycles. The largest absolute Gasteiger partial charge is 0.388 e. The summed E-state index contributed by atoms with van der Waals surface area (Å²) in [6, 6.07) is 4.55. The minimum atomic E-state index is -0.263. The van der Waals surface area contributed by atoms with Gasteiger partial charge in [-0.1, -0.05) is 39.8 Å². The molecule has 88 valence electrons. The molecule has 0 bridgehead atoms. The van der Waals surface area contributed by atoms with Gasteiger partial charge in [-0.05, 0) is 46.9 Å². The molecule has 0 fully saturated rings. The summed E-state index contributed by atoms with van der Waals surface area (Å²) in [5.74, 6) is 0. The van der Waals surface area contributed by atoms with Gasteiger partial charge in [0.25, 0.3) is 0 Å². The van der Waals surface area contributed by atoms with Gasteiger partial charge in [-0.25, -0.2) is 0 Å². The van der Waals surface area contributed by atoms with Crippen molar-refractivity contribution in [2.24, 2.45) is 0 Å². The molecule has 1 atom stereocenters. The summed E-state index contributed by atoms with van der Waals surface area (Å²) in [6.45, 7) is 8.85. The first kappa shape index (κ1) is 11.7. The molecule has 1 N–H and O–H groups in total. The quantitative estimate of drug-likeness (QED) is 0.805. The predicted molar refractivity (Wildman–Crippen MR) is 67.8 cm³/mol. The van der Waals surface area contributed by atoms with Gasteiger partial charge in [-0.15, -0.1) is 0 Å². The van der Waals surface area contributed by atoms with E-state index in [2.05, 4.69) is 39.8 Å². The van der Waals surface area contributed by atoms with Crippen molar-refractivity contribution in [1.82, 2.24) is 0 Å². The van der Waals surface area contributed by atoms with Crippen LogP contribution >= 0.6 is 0 Å². The summed E-state index contributed by atoms with van der Waals surface area (Å²) in [5, 5.41) is 10.1. The highest BCUT2D eigenvalue weighted by Crippen LogP contribution is 2.45. The molecule has 1 aromatic rings. The molecule has 0 heterocycles. The number of aryl methyl sites for hydroxylation is 2. The Kier molecular flexibility index (Phi) is 2.83. The fourth-order valence-electron chi connectivity index (χ4n) is 2.93. The number of rotatable bonds is 2. The van der Waals surface area contributed by atoms with Gasteiger partial charge in [-0.2, -0.15) is 0 Å². The summed E-state index contributed by atoms with van der Waals surface area (Å²) in [7, 11) is 0. The molecule has 0 radical (unpaired) electrons. The van der Waals surface area contributed by atoms with Gasteiger partial charge in [0.2, 0.25) is 0 Å². The molecule has 0 unspecified atom stereocenters. The lowest BCUT2D eigenvalue weighted by atomic mass is 9.84. The van der Waals surface area contributed by atoms with Gasteiger partial charge >= 0.3 is 0 Å². The average Bonchev–Trinajstić information content (AvgIpc) is 2.47. The maximum absolute atomic E-state index is 10.1. The highest BCUT2D eigenvalue weighted by molar-refractivity contribution is 5.46. The zero-order valence-corrected chi connectivity index (χ0v) is 10.8. The van der Waals surface area contributed by atoms with Crippen LogP contribution in [0.25, 0.3) is 0 Å². The average molecular weight is 218 g/mol. The fraction of sp³-hybridized carbons (Fsp3) is 0.600. The molecule has 2 rings (SSSR count). The summed E-state index contributed by atoms with van der Waals surface area (Å²) in [5.41, 5.74) is 5.50. The van der Waals surface area contributed by atoms with Crippen molar-refractivity contribution in [1.29, 1.82) is 0 Å². The monoisotopic (exact) mass is 218 g/mol. The van der Waals surface area contributed by atoms with Gasteiger partial charge in [0, 0.05) is 0 Å². The van der Waals surface area contributed by atoms with Crippen LogP contribution in [-0.4, -0.2) is 5.11 Å². The van der Waals surface area contributed by atoms with E-state index in [-0.39, 0.29) is 11.5 Å². The lowest BCUT2D eigenvalue weighted by Crippen LogP contribution is -2.13. The number of aliphatic hydroxyl groups excluding tert-OH is 1. The molecule has 1 aromatic carbocycles. The number of fused-ring (bicyclic) bond motifs is 1. The SMILES string of the molecule is CCc1cc2c(cc1CC)C(C)(C)C[C@H]2O. The van der Waals surface area contributed by atoms with E-state index < -0.39 is 0 Å². The molecule has 1 aliphatic carbocycles. The van der Waals surface area contributed by atoms with Crippen LogP contribution < -0.4 is 0 Å². The number of hydrogen-bond acceptors (Lipinski definition) is 1. The van der Waals surface area contributed by atoms with Crippen LogP contribution in [0.3, 0.4) is 0 Å². The maximum atomic E-state index is 10.1. The molecule has 0 aromatic heterocycles. The Labute approximate surface area is 98.5 Å². The lowest BCUT2D eigenvalue weighted by Gasteiger charge is -2.20. The van der Waals surface area contributed by atoms with E-state index in [0.717, 1.165) is 19.3 Å². The van der Waals surface area contributed by atoms with Crippen LogP contribution in [0.1, 0.15) is 62.5 Å². The molecule has 1 nitrogen and oxygen atoms in total. The molecule has 0 amide bonds. The van der Waals surface area contributed by atoms with Crippen LogP contribution in [0.15, 0.2) is 12.1 Å². The Morgan fingerprint density at radius 2 is 1.75 bits per heavy atom. The topological polar surface area (TPSA) is 20.2 Å². The zero-order chi connectivity index (χ0) is 11.9. The summed E-state index contributed by atoms with van der Waals surface area (Å²) < 4.78 is 0. The first-order chi connectivity index (χ1) is 7.49. The van der Waals surface area contributed by atoms with E-state index in [0.29, 0.717) is 0 Å². The molecule has 16 heavy (non-hydrogen) atoms. The Morgan fingerprint density at radius 1 is 1.19 bits per heavy atom. The maximum Gasteiger partial charge on any atom is 0.0801 e. The van der Waals surface area contributed by atoms with Crippen molar-refractivity contribution in [2.75, 3.05) is 0 Å². The van der Waals surface area contributed by atoms with Crippen molar-refractivity contribution >= 4 is 0 Å². The zero-order valence-electron chi connectivity index (χ0n) is 10.8. The predicted octanol–water partition coefficient (Wildman–Crippen LogP) is 3.53. The van der Waals surface area contributed by atoms with E-state index >= 15 is 0 Å². The van der Waals surface area contributed by atoms with Crippen LogP contribution in [0.2, 0.25) is 0 Å². The van der Waals surface area contributed by atoms with Gasteiger partial charge in [-0.3, -0.25) is 0 Å². The van der Waals surface area contributed by atoms with E-state index in [9.17, 15) is 5.11 Å². The van der Waals surface area contributed by atoms with Crippen LogP contribution in [-0.2, 0) is 18.3 Å². The van der Waals surface area contributed by atoms with Crippen LogP contribution in [0, 0.1) is 0 Å². The van der Waals surface area contributed by atoms with Crippen molar-refractivity contribution in [3.8, 4) is 0 Å². The fourth-order valence-corrected chi connectivity index (χ4v) is 2.93. The minimum Gasteiger partial charge on any atom is -0.388 e. The van der Waals surface area contributed by atoms with Crippen LogP contribution in [0.5, 0.6) is 0 Å². The van der Waals surface area contributed by atoms with Crippen molar-refractivity contribution < 1.29 is 5.11 Å². The van der Waals surface area contributed by atoms with Gasteiger partial charge in [0.15, 0.2) is 0 Å². The minimum absolute atomic E-state index is 0.130. The third kappa shape index (κ3) is 1.67. The standard InChI is InChI=1S/C15H22O/c1-5-10-7-12-13(8-11(10)6-2)15(3,4)9-14(12)16/h7-8,14,16H,5-6,9H2,1-4H3/t14-/m1/s1. The van der Waals surface area contributed by atoms with E-state index in [4.69, 9.17) is 0 Å². The normalized spacial score (nSPS) is 22.2. The van der Waals surface area contributed by atoms with Crippen molar-refractivity contribution in [3.63, 3.8) is 0 Å². The van der Waals surface area contributed by atoms with Crippen LogP contribution in [0.4, 0.5) is 0 Å². The van der Waals surface area contributed by atoms with Crippen molar-refractivity contribution in [2.45, 2.75) is 58.5 Å². The second-order valence-electron chi connectivity index (χ2n) is 5.52. The second-order valence-corrected chi connectivity index (χ2v) is 5.52. The summed E-state index contributed by atoms with van der Waals surface area (Å²) >= 11 is 0. The molecular formula is C15H22O. The van der Waals surface area contributed by atoms with E-state index in [1.165, 1.54) is 22.3 Å². The van der Waals surface area contributed by atoms with Gasteiger partial charge in [0.1, 0.15) is 0 Å². The Bertz CT molecular complexity index is 404. The third-order valence-electron chi connectivity index (χ3n) is 3.93. The lowest BCUT2D eigenvalue weighted by molar-refractivity contribution is 0.161. The second kappa shape index (κ2) is 3.89. The summed E-state index contributed by atoms with van der Waals surface area (Å²) in [4.78, 5) is 0. The molecule has 0 saturated heterocycles. The molecular weight excluding hydrogens is 196 g/mol. The van der Waals surface area contributed by atoms with Crippen molar-refractivity contribution in [3.05, 3.63) is 34.4 Å². The molecule has 1 heteroatoms. The number of benzene rings is 1. The molecule has 0 saturated carbocycles. The smallest absolute Gasteiger partial charge is 0.0801 e. The highest BCUT2D eigenvalue weighted by atomic mass is 16.3. The van der Waals surface area contributed by atoms with E-state index in [1.54, 1.807) is 0 Å². The third-order valence-corrected chi connectivity index (χ3v) is 3.93. The Hall–Kier alpha value is -0.820. The summed E-state index contributed by atoms with van der Waals surface area (Å²) in [6.07, 6.45) is 2.74. The first-order valence-electron chi connectivity index (χ1n) is 6.33. The van der Waals surface area contributed by atoms with E-state index in [1.807, 2.05) is 0 Å². The Balaban J connectivity index is 2.59. The number of hydrogen-bond donors (Lipinski definition) is 1. The first-order valence-corrected chi connectivity index (χ1v) is 6.33.